The van der Waals surface area contributed by atoms with E-state index in [1.807, 2.05) is 6.92 Å². The van der Waals surface area contributed by atoms with E-state index in [0.29, 0.717) is 11.8 Å². The van der Waals surface area contributed by atoms with Gasteiger partial charge in [-0.3, -0.25) is 4.79 Å². The first-order valence-corrected chi connectivity index (χ1v) is 8.50. The maximum absolute atomic E-state index is 11.7. The molecule has 1 fully saturated rings. The minimum atomic E-state index is -0.0357. The lowest BCUT2D eigenvalue weighted by molar-refractivity contribution is -0.118. The Balaban J connectivity index is 2.06. The summed E-state index contributed by atoms with van der Waals surface area (Å²) in [6.07, 6.45) is 11.5. The molecule has 1 saturated carbocycles. The summed E-state index contributed by atoms with van der Waals surface area (Å²) in [5, 5.41) is 3.66. The number of imidazole rings is 1. The molecule has 1 aromatic heterocycles. The number of nitrogens with one attached hydrogen (secondary N) is 1. The zero-order valence-corrected chi connectivity index (χ0v) is 13.6. The topological polar surface area (TPSA) is 46.9 Å². The Kier molecular flexibility index (Phi) is 5.75. The molecule has 1 aliphatic carbocycles. The van der Waals surface area contributed by atoms with Crippen LogP contribution < -0.4 is 5.32 Å². The Labute approximate surface area is 131 Å². The van der Waals surface area contributed by atoms with Gasteiger partial charge in [0, 0.05) is 11.7 Å². The van der Waals surface area contributed by atoms with Crippen LogP contribution in [0.1, 0.15) is 49.5 Å². The first kappa shape index (κ1) is 16.0. The van der Waals surface area contributed by atoms with E-state index >= 15 is 0 Å². The normalized spacial score (nSPS) is 15.7. The van der Waals surface area contributed by atoms with Gasteiger partial charge in [-0.1, -0.05) is 36.9 Å². The molecule has 0 saturated heterocycles. The number of aryl methyl sites for hydroxylation is 1. The first-order valence-electron chi connectivity index (χ1n) is 7.52. The molecule has 114 valence electrons. The van der Waals surface area contributed by atoms with Crippen LogP contribution in [0.15, 0.2) is 5.16 Å². The fourth-order valence-electron chi connectivity index (χ4n) is 2.80. The van der Waals surface area contributed by atoms with Gasteiger partial charge in [-0.2, -0.15) is 0 Å². The highest BCUT2D eigenvalue weighted by molar-refractivity contribution is 7.99. The molecular weight excluding hydrogens is 282 g/mol. The second-order valence-electron chi connectivity index (χ2n) is 5.50. The summed E-state index contributed by atoms with van der Waals surface area (Å²) in [5.41, 5.74) is 2.29. The summed E-state index contributed by atoms with van der Waals surface area (Å²) in [5.74, 6) is 2.74. The number of amides is 1. The van der Waals surface area contributed by atoms with Gasteiger partial charge in [0.05, 0.1) is 18.0 Å². The van der Waals surface area contributed by atoms with Crippen molar-refractivity contribution in [2.24, 2.45) is 0 Å². The molecule has 0 radical (unpaired) electrons. The fourth-order valence-corrected chi connectivity index (χ4v) is 3.79. The van der Waals surface area contributed by atoms with Crippen LogP contribution in [0.3, 0.4) is 0 Å². The summed E-state index contributed by atoms with van der Waals surface area (Å²) in [7, 11) is 0. The molecule has 0 aromatic carbocycles. The average Bonchev–Trinajstić information content (AvgIpc) is 2.79. The third-order valence-electron chi connectivity index (χ3n) is 4.01. The van der Waals surface area contributed by atoms with Gasteiger partial charge in [-0.15, -0.1) is 6.42 Å². The Bertz CT molecular complexity index is 538. The van der Waals surface area contributed by atoms with Crippen molar-refractivity contribution in [1.82, 2.24) is 14.9 Å². The number of hydrogen-bond acceptors (Lipinski definition) is 3. The second-order valence-corrected chi connectivity index (χ2v) is 6.44. The van der Waals surface area contributed by atoms with E-state index < -0.39 is 0 Å². The monoisotopic (exact) mass is 305 g/mol. The second kappa shape index (κ2) is 7.56. The van der Waals surface area contributed by atoms with Crippen LogP contribution >= 0.6 is 11.8 Å². The van der Waals surface area contributed by atoms with Crippen molar-refractivity contribution in [2.45, 2.75) is 57.1 Å². The number of aromatic nitrogens is 2. The molecule has 2 rings (SSSR count). The van der Waals surface area contributed by atoms with Crippen molar-refractivity contribution in [3.05, 3.63) is 11.4 Å². The molecule has 0 aliphatic heterocycles. The predicted octanol–water partition coefficient (Wildman–Crippen LogP) is 2.85. The van der Waals surface area contributed by atoms with Crippen LogP contribution in [-0.4, -0.2) is 27.8 Å². The summed E-state index contributed by atoms with van der Waals surface area (Å²) in [4.78, 5) is 16.3. The van der Waals surface area contributed by atoms with Crippen LogP contribution in [0.4, 0.5) is 0 Å². The molecule has 0 bridgehead atoms. The maximum Gasteiger partial charge on any atom is 0.231 e. The molecule has 5 heteroatoms. The smallest absolute Gasteiger partial charge is 0.231 e. The highest BCUT2D eigenvalue weighted by atomic mass is 32.2. The Morgan fingerprint density at radius 2 is 2.14 bits per heavy atom. The third kappa shape index (κ3) is 4.04. The van der Waals surface area contributed by atoms with Gasteiger partial charge in [0.25, 0.3) is 0 Å². The van der Waals surface area contributed by atoms with Crippen LogP contribution in [0, 0.1) is 26.2 Å². The summed E-state index contributed by atoms with van der Waals surface area (Å²) >= 11 is 1.51. The van der Waals surface area contributed by atoms with Crippen molar-refractivity contribution in [3.8, 4) is 12.3 Å². The highest BCUT2D eigenvalue weighted by Gasteiger charge is 2.22. The zero-order valence-electron chi connectivity index (χ0n) is 12.8. The van der Waals surface area contributed by atoms with Crippen molar-refractivity contribution in [1.29, 1.82) is 0 Å². The molecule has 21 heavy (non-hydrogen) atoms. The quantitative estimate of drug-likeness (QED) is 0.672. The Hall–Kier alpha value is -1.41. The van der Waals surface area contributed by atoms with Gasteiger partial charge in [-0.05, 0) is 26.7 Å². The van der Waals surface area contributed by atoms with Gasteiger partial charge in [0.1, 0.15) is 0 Å². The molecule has 1 amide bonds. The van der Waals surface area contributed by atoms with Gasteiger partial charge in [0.15, 0.2) is 5.16 Å². The zero-order chi connectivity index (χ0) is 15.2. The first-order chi connectivity index (χ1) is 10.1. The molecule has 1 heterocycles. The van der Waals surface area contributed by atoms with E-state index in [0.717, 1.165) is 10.9 Å². The van der Waals surface area contributed by atoms with E-state index in [9.17, 15) is 4.79 Å². The van der Waals surface area contributed by atoms with E-state index in [2.05, 4.69) is 27.7 Å². The van der Waals surface area contributed by atoms with Crippen LogP contribution in [0.25, 0.3) is 0 Å². The SMILES string of the molecule is C#CCNC(=O)CSc1nc(C)c(C)n1C1CCCCC1. The number of thioether (sulfide) groups is 1. The molecule has 1 aliphatic rings. The number of terminal acetylenes is 1. The molecule has 0 spiro atoms. The minimum absolute atomic E-state index is 0.0357. The third-order valence-corrected chi connectivity index (χ3v) is 4.97. The molecule has 0 atom stereocenters. The average molecular weight is 305 g/mol. The molecule has 4 nitrogen and oxygen atoms in total. The Morgan fingerprint density at radius 3 is 2.81 bits per heavy atom. The standard InChI is InChI=1S/C16H23N3OS/c1-4-10-17-15(20)11-21-16-18-12(2)13(3)19(16)14-8-6-5-7-9-14/h1,14H,5-11H2,2-3H3,(H,17,20). The number of rotatable bonds is 5. The van der Waals surface area contributed by atoms with E-state index in [-0.39, 0.29) is 12.5 Å². The predicted molar refractivity (Wildman–Crippen MR) is 86.4 cm³/mol. The lowest BCUT2D eigenvalue weighted by Crippen LogP contribution is -2.25. The number of nitrogens with zero attached hydrogens (tertiary/aromatic N) is 2. The van der Waals surface area contributed by atoms with Gasteiger partial charge in [0.2, 0.25) is 5.91 Å². The summed E-state index contributed by atoms with van der Waals surface area (Å²) in [6, 6.07) is 0.538. The van der Waals surface area contributed by atoms with E-state index in [4.69, 9.17) is 6.42 Å². The summed E-state index contributed by atoms with van der Waals surface area (Å²) in [6.45, 7) is 4.45. The van der Waals surface area contributed by atoms with E-state index in [1.54, 1.807) is 0 Å². The number of hydrogen-bond donors (Lipinski definition) is 1. The van der Waals surface area contributed by atoms with Crippen molar-refractivity contribution in [3.63, 3.8) is 0 Å². The van der Waals surface area contributed by atoms with Crippen LogP contribution in [0.2, 0.25) is 0 Å². The molecular formula is C16H23N3OS. The molecule has 1 N–H and O–H groups in total. The number of carbonyl (C=O) groups is 1. The lowest BCUT2D eigenvalue weighted by Gasteiger charge is -2.26. The Morgan fingerprint density at radius 1 is 1.43 bits per heavy atom. The van der Waals surface area contributed by atoms with Crippen LogP contribution in [0.5, 0.6) is 0 Å². The minimum Gasteiger partial charge on any atom is -0.344 e. The highest BCUT2D eigenvalue weighted by Crippen LogP contribution is 2.34. The lowest BCUT2D eigenvalue weighted by atomic mass is 9.95. The van der Waals surface area contributed by atoms with Crippen molar-refractivity contribution < 1.29 is 4.79 Å². The van der Waals surface area contributed by atoms with Crippen LogP contribution in [-0.2, 0) is 4.79 Å². The maximum atomic E-state index is 11.7. The molecule has 1 aromatic rings. The largest absolute Gasteiger partial charge is 0.344 e. The fraction of sp³-hybridized carbons (Fsp3) is 0.625. The van der Waals surface area contributed by atoms with Gasteiger partial charge in [-0.25, -0.2) is 4.98 Å². The van der Waals surface area contributed by atoms with Gasteiger partial charge < -0.3 is 9.88 Å². The van der Waals surface area contributed by atoms with E-state index in [1.165, 1.54) is 49.6 Å². The van der Waals surface area contributed by atoms with Crippen molar-refractivity contribution in [2.75, 3.05) is 12.3 Å². The molecule has 0 unspecified atom stereocenters. The van der Waals surface area contributed by atoms with Crippen molar-refractivity contribution >= 4 is 17.7 Å². The number of carbonyl (C=O) groups excluding carboxylic acids is 1. The van der Waals surface area contributed by atoms with Gasteiger partial charge >= 0.3 is 0 Å². The summed E-state index contributed by atoms with van der Waals surface area (Å²) < 4.78 is 2.34.